The number of ether oxygens (including phenoxy) is 1. The lowest BCUT2D eigenvalue weighted by molar-refractivity contribution is -0.211. The fourth-order valence-corrected chi connectivity index (χ4v) is 4.19. The molecule has 1 saturated carbocycles. The monoisotopic (exact) mass is 348 g/mol. The Balaban J connectivity index is 1.62. The number of halogens is 3. The molecule has 1 saturated heterocycles. The van der Waals surface area contributed by atoms with E-state index in [-0.39, 0.29) is 12.5 Å². The van der Waals surface area contributed by atoms with Gasteiger partial charge in [-0.3, -0.25) is 4.79 Å². The van der Waals surface area contributed by atoms with Crippen LogP contribution >= 0.6 is 0 Å². The molecule has 0 bridgehead atoms. The second-order valence-corrected chi connectivity index (χ2v) is 7.69. The first-order chi connectivity index (χ1) is 11.4. The molecule has 140 valence electrons. The van der Waals surface area contributed by atoms with Crippen LogP contribution in [0.25, 0.3) is 0 Å². The van der Waals surface area contributed by atoms with E-state index in [1.807, 2.05) is 0 Å². The maximum atomic E-state index is 12.6. The minimum atomic E-state index is -4.46. The molecule has 2 rings (SSSR count). The summed E-state index contributed by atoms with van der Waals surface area (Å²) in [7, 11) is 0. The molecule has 2 unspecified atom stereocenters. The summed E-state index contributed by atoms with van der Waals surface area (Å²) in [6.07, 6.45) is 7.48. The van der Waals surface area contributed by atoms with Crippen molar-refractivity contribution in [1.82, 2.24) is 0 Å². The molecule has 0 aromatic heterocycles. The van der Waals surface area contributed by atoms with Gasteiger partial charge in [0.2, 0.25) is 0 Å². The van der Waals surface area contributed by atoms with Crippen molar-refractivity contribution in [3.05, 3.63) is 0 Å². The average Bonchev–Trinajstić information content (AvgIpc) is 2.53. The Hall–Kier alpha value is -0.740. The molecule has 2 fully saturated rings. The van der Waals surface area contributed by atoms with Crippen LogP contribution in [-0.2, 0) is 9.53 Å². The first-order valence-corrected chi connectivity index (χ1v) is 9.67. The van der Waals surface area contributed by atoms with Gasteiger partial charge in [-0.05, 0) is 37.5 Å². The fraction of sp³-hybridized carbons (Fsp3) is 0.947. The highest BCUT2D eigenvalue weighted by Crippen LogP contribution is 2.38. The molecule has 0 amide bonds. The van der Waals surface area contributed by atoms with E-state index >= 15 is 0 Å². The zero-order valence-corrected chi connectivity index (χ0v) is 14.7. The van der Waals surface area contributed by atoms with Crippen molar-refractivity contribution in [2.24, 2.45) is 17.8 Å². The summed E-state index contributed by atoms with van der Waals surface area (Å²) in [5.41, 5.74) is 0. The lowest BCUT2D eigenvalue weighted by atomic mass is 9.77. The van der Waals surface area contributed by atoms with Gasteiger partial charge in [0.15, 0.2) is 5.92 Å². The molecular weight excluding hydrogens is 317 g/mol. The molecule has 5 heteroatoms. The molecule has 0 N–H and O–H groups in total. The molecule has 1 aliphatic heterocycles. The first kappa shape index (κ1) is 19.6. The summed E-state index contributed by atoms with van der Waals surface area (Å²) in [4.78, 5) is 11.5. The number of hydrogen-bond acceptors (Lipinski definition) is 2. The maximum absolute atomic E-state index is 12.6. The number of carbonyl (C=O) groups excluding carboxylic acids is 1. The molecule has 0 radical (unpaired) electrons. The summed E-state index contributed by atoms with van der Waals surface area (Å²) in [5.74, 6) is -1.45. The quantitative estimate of drug-likeness (QED) is 0.414. The molecule has 1 heterocycles. The molecule has 1 aliphatic carbocycles. The second-order valence-electron chi connectivity index (χ2n) is 7.69. The van der Waals surface area contributed by atoms with Crippen LogP contribution in [0.1, 0.15) is 84.0 Å². The molecule has 2 atom stereocenters. The highest BCUT2D eigenvalue weighted by molar-refractivity contribution is 5.74. The minimum absolute atomic E-state index is 0.114. The van der Waals surface area contributed by atoms with Gasteiger partial charge in [0.1, 0.15) is 6.10 Å². The summed E-state index contributed by atoms with van der Waals surface area (Å²) < 4.78 is 43.0. The number of esters is 1. The van der Waals surface area contributed by atoms with Crippen molar-refractivity contribution >= 4 is 5.97 Å². The topological polar surface area (TPSA) is 26.3 Å². The Labute approximate surface area is 143 Å². The predicted octanol–water partition coefficient (Wildman–Crippen LogP) is 6.04. The number of alkyl halides is 3. The summed E-state index contributed by atoms with van der Waals surface area (Å²) >= 11 is 0. The van der Waals surface area contributed by atoms with Gasteiger partial charge in [-0.2, -0.15) is 13.2 Å². The van der Waals surface area contributed by atoms with Crippen LogP contribution in [0.15, 0.2) is 0 Å². The number of carbonyl (C=O) groups is 1. The summed E-state index contributed by atoms with van der Waals surface area (Å²) in [6.45, 7) is 2.23. The van der Waals surface area contributed by atoms with Gasteiger partial charge in [0.25, 0.3) is 0 Å². The lowest BCUT2D eigenvalue weighted by Crippen LogP contribution is -2.39. The first-order valence-electron chi connectivity index (χ1n) is 9.67. The Bertz CT molecular complexity index is 387. The number of unbranched alkanes of at least 4 members (excludes halogenated alkanes) is 2. The van der Waals surface area contributed by atoms with E-state index in [1.54, 1.807) is 0 Å². The standard InChI is InChI=1S/C19H31F3O2/c1-2-3-4-5-14-6-8-15(9-7-14)10-11-16-12-13-17(18(23)24-16)19(20,21)22/h14-17H,2-13H2,1H3. The highest BCUT2D eigenvalue weighted by Gasteiger charge is 2.48. The van der Waals surface area contributed by atoms with Crippen LogP contribution < -0.4 is 0 Å². The van der Waals surface area contributed by atoms with Gasteiger partial charge >= 0.3 is 12.1 Å². The third-order valence-electron chi connectivity index (χ3n) is 5.82. The van der Waals surface area contributed by atoms with E-state index in [4.69, 9.17) is 4.74 Å². The van der Waals surface area contributed by atoms with E-state index in [1.165, 1.54) is 51.4 Å². The SMILES string of the molecule is CCCCCC1CCC(CCC2CCC(C(F)(F)F)C(=O)O2)CC1. The van der Waals surface area contributed by atoms with E-state index in [0.717, 1.165) is 18.8 Å². The minimum Gasteiger partial charge on any atom is -0.462 e. The number of hydrogen-bond donors (Lipinski definition) is 0. The van der Waals surface area contributed by atoms with Gasteiger partial charge in [0.05, 0.1) is 0 Å². The molecule has 0 aromatic carbocycles. The average molecular weight is 348 g/mol. The summed E-state index contributed by atoms with van der Waals surface area (Å²) in [6, 6.07) is 0. The largest absolute Gasteiger partial charge is 0.462 e. The maximum Gasteiger partial charge on any atom is 0.402 e. The van der Waals surface area contributed by atoms with Crippen molar-refractivity contribution in [3.63, 3.8) is 0 Å². The van der Waals surface area contributed by atoms with Crippen LogP contribution in [0.2, 0.25) is 0 Å². The van der Waals surface area contributed by atoms with Gasteiger partial charge in [0, 0.05) is 0 Å². The van der Waals surface area contributed by atoms with Gasteiger partial charge in [-0.15, -0.1) is 0 Å². The van der Waals surface area contributed by atoms with Crippen LogP contribution in [-0.4, -0.2) is 18.2 Å². The molecule has 2 aliphatic rings. The zero-order valence-electron chi connectivity index (χ0n) is 14.7. The third-order valence-corrected chi connectivity index (χ3v) is 5.82. The molecule has 24 heavy (non-hydrogen) atoms. The fourth-order valence-electron chi connectivity index (χ4n) is 4.19. The Morgan fingerprint density at radius 2 is 1.54 bits per heavy atom. The molecular formula is C19H31F3O2. The normalized spacial score (nSPS) is 31.8. The molecule has 2 nitrogen and oxygen atoms in total. The van der Waals surface area contributed by atoms with Crippen LogP contribution in [0.5, 0.6) is 0 Å². The number of cyclic esters (lactones) is 1. The van der Waals surface area contributed by atoms with Crippen LogP contribution in [0.3, 0.4) is 0 Å². The van der Waals surface area contributed by atoms with E-state index in [2.05, 4.69) is 6.92 Å². The predicted molar refractivity (Wildman–Crippen MR) is 87.5 cm³/mol. The van der Waals surface area contributed by atoms with Crippen molar-refractivity contribution < 1.29 is 22.7 Å². The highest BCUT2D eigenvalue weighted by atomic mass is 19.4. The van der Waals surface area contributed by atoms with Crippen molar-refractivity contribution in [1.29, 1.82) is 0 Å². The van der Waals surface area contributed by atoms with Gasteiger partial charge in [-0.1, -0.05) is 58.3 Å². The smallest absolute Gasteiger partial charge is 0.402 e. The second kappa shape index (κ2) is 9.10. The van der Waals surface area contributed by atoms with Crippen LogP contribution in [0.4, 0.5) is 13.2 Å². The Morgan fingerprint density at radius 1 is 0.917 bits per heavy atom. The van der Waals surface area contributed by atoms with Gasteiger partial charge < -0.3 is 4.74 Å². The van der Waals surface area contributed by atoms with Crippen molar-refractivity contribution in [2.75, 3.05) is 0 Å². The molecule has 0 spiro atoms. The Morgan fingerprint density at radius 3 is 2.08 bits per heavy atom. The molecule has 0 aromatic rings. The van der Waals surface area contributed by atoms with Crippen molar-refractivity contribution in [2.45, 2.75) is 96.3 Å². The van der Waals surface area contributed by atoms with E-state index in [0.29, 0.717) is 12.3 Å². The Kier molecular flexibility index (Phi) is 7.42. The lowest BCUT2D eigenvalue weighted by Gasteiger charge is -2.32. The summed E-state index contributed by atoms with van der Waals surface area (Å²) in [5, 5.41) is 0. The number of rotatable bonds is 7. The zero-order chi connectivity index (χ0) is 17.6. The van der Waals surface area contributed by atoms with Crippen molar-refractivity contribution in [3.8, 4) is 0 Å². The van der Waals surface area contributed by atoms with E-state index in [9.17, 15) is 18.0 Å². The van der Waals surface area contributed by atoms with Crippen LogP contribution in [0, 0.1) is 17.8 Å². The third kappa shape index (κ3) is 5.96. The van der Waals surface area contributed by atoms with E-state index < -0.39 is 18.1 Å². The van der Waals surface area contributed by atoms with Gasteiger partial charge in [-0.25, -0.2) is 0 Å².